The number of halogens is 1. The van der Waals surface area contributed by atoms with Crippen molar-refractivity contribution in [2.45, 2.75) is 0 Å². The second-order valence-corrected chi connectivity index (χ2v) is 3.07. The number of hydrogen-bond acceptors (Lipinski definition) is 3. The van der Waals surface area contributed by atoms with Crippen LogP contribution < -0.4 is 10.3 Å². The van der Waals surface area contributed by atoms with Gasteiger partial charge < -0.3 is 4.74 Å². The van der Waals surface area contributed by atoms with Crippen molar-refractivity contribution >= 4 is 17.2 Å². The van der Waals surface area contributed by atoms with Crippen LogP contribution in [-0.4, -0.2) is 16.5 Å². The van der Waals surface area contributed by atoms with Gasteiger partial charge in [0.05, 0.1) is 7.11 Å². The van der Waals surface area contributed by atoms with Gasteiger partial charge in [-0.05, 0) is 12.1 Å². The smallest absolute Gasteiger partial charge is 0.259 e. The molecule has 0 aromatic carbocycles. The third-order valence-corrected chi connectivity index (χ3v) is 2.04. The molecule has 2 heterocycles. The molecule has 0 N–H and O–H groups in total. The molecule has 0 spiro atoms. The maximum absolute atomic E-state index is 11.5. The highest BCUT2D eigenvalue weighted by Crippen LogP contribution is 2.16. The topological polar surface area (TPSA) is 43.6 Å². The van der Waals surface area contributed by atoms with E-state index in [0.29, 0.717) is 11.4 Å². The Morgan fingerprint density at radius 3 is 3.07 bits per heavy atom. The Labute approximate surface area is 84.7 Å². The Kier molecular flexibility index (Phi) is 2.13. The summed E-state index contributed by atoms with van der Waals surface area (Å²) in [6.07, 6.45) is 1.61. The number of methoxy groups -OCH3 is 1. The number of fused-ring (bicyclic) bond motifs is 1. The fraction of sp³-hybridized carbons (Fsp3) is 0.111. The Balaban J connectivity index is 2.94. The van der Waals surface area contributed by atoms with E-state index in [1.165, 1.54) is 17.6 Å². The molecule has 72 valence electrons. The normalized spacial score (nSPS) is 10.4. The number of pyridine rings is 1. The summed E-state index contributed by atoms with van der Waals surface area (Å²) < 4.78 is 6.44. The molecule has 0 atom stereocenters. The molecule has 2 aromatic heterocycles. The first-order valence-electron chi connectivity index (χ1n) is 3.94. The van der Waals surface area contributed by atoms with E-state index in [2.05, 4.69) is 4.98 Å². The van der Waals surface area contributed by atoms with Crippen LogP contribution in [0.1, 0.15) is 0 Å². The predicted molar refractivity (Wildman–Crippen MR) is 53.0 cm³/mol. The highest BCUT2D eigenvalue weighted by Gasteiger charge is 2.04. The molecule has 0 bridgehead atoms. The fourth-order valence-corrected chi connectivity index (χ4v) is 1.40. The molecule has 5 heteroatoms. The fourth-order valence-electron chi connectivity index (χ4n) is 1.23. The van der Waals surface area contributed by atoms with Gasteiger partial charge in [-0.15, -0.1) is 0 Å². The van der Waals surface area contributed by atoms with Crippen LogP contribution in [0.15, 0.2) is 29.2 Å². The number of ether oxygens (including phenoxy) is 1. The van der Waals surface area contributed by atoms with E-state index in [4.69, 9.17) is 16.3 Å². The Hall–Kier alpha value is -1.55. The van der Waals surface area contributed by atoms with Gasteiger partial charge in [0.1, 0.15) is 5.15 Å². The molecule has 2 aromatic rings. The molecular weight excluding hydrogens is 204 g/mol. The maximum atomic E-state index is 11.5. The van der Waals surface area contributed by atoms with E-state index in [-0.39, 0.29) is 10.7 Å². The Bertz CT molecular complexity index is 536. The molecule has 0 aliphatic rings. The highest BCUT2D eigenvalue weighted by atomic mass is 35.5. The quantitative estimate of drug-likeness (QED) is 0.668. The third-order valence-electron chi connectivity index (χ3n) is 1.84. The van der Waals surface area contributed by atoms with Crippen molar-refractivity contribution in [3.63, 3.8) is 0 Å². The standard InChI is InChI=1S/C9H7ClN2O2/c1-14-6-3-2-4-12-8(13)5-7(10)11-9(6)12/h2-5H,1H3. The van der Waals surface area contributed by atoms with E-state index < -0.39 is 0 Å². The zero-order valence-electron chi connectivity index (χ0n) is 7.40. The molecule has 0 amide bonds. The van der Waals surface area contributed by atoms with Crippen LogP contribution in [-0.2, 0) is 0 Å². The van der Waals surface area contributed by atoms with Crippen LogP contribution in [0.25, 0.3) is 5.65 Å². The van der Waals surface area contributed by atoms with Crippen molar-refractivity contribution in [1.29, 1.82) is 0 Å². The number of aromatic nitrogens is 2. The summed E-state index contributed by atoms with van der Waals surface area (Å²) in [5, 5.41) is 0.166. The van der Waals surface area contributed by atoms with Gasteiger partial charge in [0.15, 0.2) is 11.4 Å². The van der Waals surface area contributed by atoms with Crippen LogP contribution in [0.3, 0.4) is 0 Å². The average Bonchev–Trinajstić information content (AvgIpc) is 2.17. The van der Waals surface area contributed by atoms with Crippen LogP contribution in [0.2, 0.25) is 5.15 Å². The molecule has 0 saturated heterocycles. The van der Waals surface area contributed by atoms with E-state index in [0.717, 1.165) is 0 Å². The van der Waals surface area contributed by atoms with Crippen molar-refractivity contribution < 1.29 is 4.74 Å². The lowest BCUT2D eigenvalue weighted by Gasteiger charge is -2.04. The van der Waals surface area contributed by atoms with Gasteiger partial charge in [-0.2, -0.15) is 0 Å². The van der Waals surface area contributed by atoms with Crippen molar-refractivity contribution in [2.24, 2.45) is 0 Å². The van der Waals surface area contributed by atoms with Gasteiger partial charge in [0, 0.05) is 12.3 Å². The van der Waals surface area contributed by atoms with Crippen LogP contribution >= 0.6 is 11.6 Å². The zero-order chi connectivity index (χ0) is 10.1. The number of hydrogen-bond donors (Lipinski definition) is 0. The first kappa shape index (κ1) is 9.02. The minimum Gasteiger partial charge on any atom is -0.493 e. The van der Waals surface area contributed by atoms with E-state index in [1.807, 2.05) is 0 Å². The van der Waals surface area contributed by atoms with Gasteiger partial charge in [0.25, 0.3) is 5.56 Å². The van der Waals surface area contributed by atoms with Crippen molar-refractivity contribution in [2.75, 3.05) is 7.11 Å². The van der Waals surface area contributed by atoms with Gasteiger partial charge >= 0.3 is 0 Å². The monoisotopic (exact) mass is 210 g/mol. The minimum atomic E-state index is -0.223. The largest absolute Gasteiger partial charge is 0.493 e. The van der Waals surface area contributed by atoms with Gasteiger partial charge in [0.2, 0.25) is 0 Å². The van der Waals surface area contributed by atoms with Gasteiger partial charge in [-0.3, -0.25) is 9.20 Å². The highest BCUT2D eigenvalue weighted by molar-refractivity contribution is 6.29. The van der Waals surface area contributed by atoms with Crippen LogP contribution in [0.5, 0.6) is 5.75 Å². The molecule has 4 nitrogen and oxygen atoms in total. The van der Waals surface area contributed by atoms with E-state index >= 15 is 0 Å². The molecule has 0 aliphatic heterocycles. The Morgan fingerprint density at radius 2 is 2.36 bits per heavy atom. The van der Waals surface area contributed by atoms with Crippen molar-refractivity contribution in [3.8, 4) is 5.75 Å². The van der Waals surface area contributed by atoms with E-state index in [9.17, 15) is 4.79 Å². The molecule has 0 saturated carbocycles. The minimum absolute atomic E-state index is 0.166. The van der Waals surface area contributed by atoms with Gasteiger partial charge in [-0.1, -0.05) is 11.6 Å². The first-order chi connectivity index (χ1) is 6.72. The molecule has 0 aliphatic carbocycles. The molecule has 0 fully saturated rings. The lowest BCUT2D eigenvalue weighted by molar-refractivity contribution is 0.416. The molecule has 14 heavy (non-hydrogen) atoms. The van der Waals surface area contributed by atoms with Crippen molar-refractivity contribution in [1.82, 2.24) is 9.38 Å². The summed E-state index contributed by atoms with van der Waals surface area (Å²) in [4.78, 5) is 15.5. The number of nitrogens with zero attached hydrogens (tertiary/aromatic N) is 2. The summed E-state index contributed by atoms with van der Waals surface area (Å²) in [6.45, 7) is 0. The van der Waals surface area contributed by atoms with Crippen LogP contribution in [0, 0.1) is 0 Å². The van der Waals surface area contributed by atoms with Crippen molar-refractivity contribution in [3.05, 3.63) is 39.9 Å². The third kappa shape index (κ3) is 1.33. The van der Waals surface area contributed by atoms with Crippen LogP contribution in [0.4, 0.5) is 0 Å². The van der Waals surface area contributed by atoms with E-state index in [1.54, 1.807) is 18.3 Å². The predicted octanol–water partition coefficient (Wildman–Crippen LogP) is 1.36. The summed E-state index contributed by atoms with van der Waals surface area (Å²) in [7, 11) is 1.52. The Morgan fingerprint density at radius 1 is 1.57 bits per heavy atom. The first-order valence-corrected chi connectivity index (χ1v) is 4.32. The molecular formula is C9H7ClN2O2. The summed E-state index contributed by atoms with van der Waals surface area (Å²) in [5.41, 5.74) is 0.200. The average molecular weight is 211 g/mol. The summed E-state index contributed by atoms with van der Waals surface area (Å²) in [6, 6.07) is 4.69. The van der Waals surface area contributed by atoms with Gasteiger partial charge in [-0.25, -0.2) is 4.98 Å². The summed E-state index contributed by atoms with van der Waals surface area (Å²) in [5.74, 6) is 0.520. The molecule has 0 radical (unpaired) electrons. The second-order valence-electron chi connectivity index (χ2n) is 2.69. The lowest BCUT2D eigenvalue weighted by Crippen LogP contribution is -2.13. The molecule has 0 unspecified atom stereocenters. The number of rotatable bonds is 1. The second kappa shape index (κ2) is 3.31. The lowest BCUT2D eigenvalue weighted by atomic mass is 10.4. The molecule has 2 rings (SSSR count). The SMILES string of the molecule is COc1cccn2c(=O)cc(Cl)nc12. The maximum Gasteiger partial charge on any atom is 0.259 e. The summed E-state index contributed by atoms with van der Waals surface area (Å²) >= 11 is 5.67. The zero-order valence-corrected chi connectivity index (χ0v) is 8.15.